The van der Waals surface area contributed by atoms with Crippen LogP contribution in [0.3, 0.4) is 0 Å². The van der Waals surface area contributed by atoms with E-state index in [1.54, 1.807) is 0 Å². The lowest BCUT2D eigenvalue weighted by Crippen LogP contribution is -2.04. The molecule has 19 heavy (non-hydrogen) atoms. The maximum Gasteiger partial charge on any atom is 0.416 e. The third-order valence-electron chi connectivity index (χ3n) is 2.75. The van der Waals surface area contributed by atoms with Gasteiger partial charge >= 0.3 is 6.18 Å². The van der Waals surface area contributed by atoms with Gasteiger partial charge < -0.3 is 0 Å². The molecule has 0 N–H and O–H groups in total. The molecule has 0 aliphatic rings. The number of hydrogen-bond acceptors (Lipinski definition) is 3. The Balaban J connectivity index is 2.10. The van der Waals surface area contributed by atoms with Gasteiger partial charge in [0.2, 0.25) is 0 Å². The van der Waals surface area contributed by atoms with E-state index in [9.17, 15) is 13.2 Å². The number of halogens is 3. The van der Waals surface area contributed by atoms with E-state index in [2.05, 4.69) is 9.97 Å². The van der Waals surface area contributed by atoms with E-state index >= 15 is 0 Å². The lowest BCUT2D eigenvalue weighted by Gasteiger charge is -2.07. The van der Waals surface area contributed by atoms with E-state index in [1.165, 1.54) is 29.8 Å². The van der Waals surface area contributed by atoms with Crippen LogP contribution in [0.25, 0.3) is 21.5 Å². The van der Waals surface area contributed by atoms with Gasteiger partial charge in [0.1, 0.15) is 11.2 Å². The number of alkyl halides is 3. The standard InChI is InChI=1S/C13H7F3N2S/c14-13(15,16)9-3-1-8(2-4-9)11-10-5-6-19-12(10)18-7-17-11/h1-7H. The maximum atomic E-state index is 12.5. The number of thiophene rings is 1. The van der Waals surface area contributed by atoms with Crippen molar-refractivity contribution in [2.24, 2.45) is 0 Å². The quantitative estimate of drug-likeness (QED) is 0.661. The van der Waals surface area contributed by atoms with E-state index in [1.807, 2.05) is 11.4 Å². The van der Waals surface area contributed by atoms with Crippen LogP contribution < -0.4 is 0 Å². The Labute approximate surface area is 110 Å². The van der Waals surface area contributed by atoms with Crippen molar-refractivity contribution in [3.8, 4) is 11.3 Å². The Morgan fingerprint density at radius 3 is 2.37 bits per heavy atom. The summed E-state index contributed by atoms with van der Waals surface area (Å²) in [5, 5.41) is 2.74. The van der Waals surface area contributed by atoms with Gasteiger partial charge in [-0.2, -0.15) is 13.2 Å². The largest absolute Gasteiger partial charge is 0.416 e. The zero-order chi connectivity index (χ0) is 13.5. The van der Waals surface area contributed by atoms with Crippen LogP contribution in [-0.2, 0) is 6.18 Å². The number of rotatable bonds is 1. The number of benzene rings is 1. The van der Waals surface area contributed by atoms with Crippen molar-refractivity contribution >= 4 is 21.6 Å². The molecule has 96 valence electrons. The predicted molar refractivity (Wildman–Crippen MR) is 67.9 cm³/mol. The van der Waals surface area contributed by atoms with Crippen LogP contribution in [0.5, 0.6) is 0 Å². The van der Waals surface area contributed by atoms with Crippen LogP contribution >= 0.6 is 11.3 Å². The number of hydrogen-bond donors (Lipinski definition) is 0. The zero-order valence-corrected chi connectivity index (χ0v) is 10.3. The molecule has 0 radical (unpaired) electrons. The van der Waals surface area contributed by atoms with Crippen LogP contribution in [0, 0.1) is 0 Å². The first-order chi connectivity index (χ1) is 9.05. The van der Waals surface area contributed by atoms with E-state index in [-0.39, 0.29) is 0 Å². The topological polar surface area (TPSA) is 25.8 Å². The van der Waals surface area contributed by atoms with Crippen LogP contribution in [-0.4, -0.2) is 9.97 Å². The first kappa shape index (κ1) is 12.1. The molecule has 0 aliphatic carbocycles. The van der Waals surface area contributed by atoms with Crippen molar-refractivity contribution < 1.29 is 13.2 Å². The fraction of sp³-hybridized carbons (Fsp3) is 0.0769. The van der Waals surface area contributed by atoms with Gasteiger partial charge in [-0.05, 0) is 23.6 Å². The molecule has 3 aromatic rings. The molecule has 0 aliphatic heterocycles. The molecule has 0 spiro atoms. The van der Waals surface area contributed by atoms with Gasteiger partial charge in [-0.3, -0.25) is 0 Å². The molecule has 2 heterocycles. The molecule has 0 saturated heterocycles. The monoisotopic (exact) mass is 280 g/mol. The Kier molecular flexibility index (Phi) is 2.74. The summed E-state index contributed by atoms with van der Waals surface area (Å²) in [5.41, 5.74) is 0.644. The summed E-state index contributed by atoms with van der Waals surface area (Å²) < 4.78 is 37.5. The van der Waals surface area contributed by atoms with Crippen molar-refractivity contribution in [1.29, 1.82) is 0 Å². The highest BCUT2D eigenvalue weighted by Gasteiger charge is 2.30. The van der Waals surface area contributed by atoms with Crippen LogP contribution in [0.4, 0.5) is 13.2 Å². The maximum absolute atomic E-state index is 12.5. The Morgan fingerprint density at radius 1 is 0.947 bits per heavy atom. The molecule has 3 rings (SSSR count). The minimum atomic E-state index is -4.32. The van der Waals surface area contributed by atoms with Gasteiger partial charge in [0.05, 0.1) is 11.3 Å². The molecule has 2 aromatic heterocycles. The fourth-order valence-corrected chi connectivity index (χ4v) is 2.57. The number of aromatic nitrogens is 2. The van der Waals surface area contributed by atoms with Crippen LogP contribution in [0.15, 0.2) is 42.0 Å². The minimum Gasteiger partial charge on any atom is -0.236 e. The van der Waals surface area contributed by atoms with Gasteiger partial charge in [0.15, 0.2) is 0 Å². The summed E-state index contributed by atoms with van der Waals surface area (Å²) in [5.74, 6) is 0. The smallest absolute Gasteiger partial charge is 0.236 e. The normalized spacial score (nSPS) is 11.9. The second-order valence-corrected chi connectivity index (χ2v) is 4.83. The molecule has 2 nitrogen and oxygen atoms in total. The van der Waals surface area contributed by atoms with Gasteiger partial charge in [-0.15, -0.1) is 11.3 Å². The van der Waals surface area contributed by atoms with E-state index in [0.717, 1.165) is 22.3 Å². The third-order valence-corrected chi connectivity index (χ3v) is 3.57. The van der Waals surface area contributed by atoms with Gasteiger partial charge in [0.25, 0.3) is 0 Å². The second kappa shape index (κ2) is 4.31. The molecule has 0 unspecified atom stereocenters. The third kappa shape index (κ3) is 2.19. The fourth-order valence-electron chi connectivity index (χ4n) is 1.84. The summed E-state index contributed by atoms with van der Waals surface area (Å²) in [6.45, 7) is 0. The summed E-state index contributed by atoms with van der Waals surface area (Å²) in [6, 6.07) is 6.86. The van der Waals surface area contributed by atoms with Crippen LogP contribution in [0.2, 0.25) is 0 Å². The molecule has 0 saturated carbocycles. The Morgan fingerprint density at radius 2 is 1.68 bits per heavy atom. The molecular weight excluding hydrogens is 273 g/mol. The molecule has 0 bridgehead atoms. The summed E-state index contributed by atoms with van der Waals surface area (Å²) in [7, 11) is 0. The summed E-state index contributed by atoms with van der Waals surface area (Å²) >= 11 is 1.47. The highest BCUT2D eigenvalue weighted by Crippen LogP contribution is 2.32. The van der Waals surface area contributed by atoms with E-state index in [4.69, 9.17) is 0 Å². The predicted octanol–water partition coefficient (Wildman–Crippen LogP) is 4.38. The Hall–Kier alpha value is -1.95. The minimum absolute atomic E-state index is 0.652. The lowest BCUT2D eigenvalue weighted by atomic mass is 10.1. The second-order valence-electron chi connectivity index (χ2n) is 3.94. The first-order valence-corrected chi connectivity index (χ1v) is 6.29. The number of fused-ring (bicyclic) bond motifs is 1. The van der Waals surface area contributed by atoms with Crippen LogP contribution in [0.1, 0.15) is 5.56 Å². The molecule has 6 heteroatoms. The van der Waals surface area contributed by atoms with E-state index < -0.39 is 11.7 Å². The first-order valence-electron chi connectivity index (χ1n) is 5.41. The average molecular weight is 280 g/mol. The summed E-state index contributed by atoms with van der Waals surface area (Å²) in [4.78, 5) is 9.09. The number of nitrogens with zero attached hydrogens (tertiary/aromatic N) is 2. The zero-order valence-electron chi connectivity index (χ0n) is 9.48. The summed E-state index contributed by atoms with van der Waals surface area (Å²) in [6.07, 6.45) is -2.90. The van der Waals surface area contributed by atoms with Crippen molar-refractivity contribution in [3.63, 3.8) is 0 Å². The van der Waals surface area contributed by atoms with Gasteiger partial charge in [-0.25, -0.2) is 9.97 Å². The van der Waals surface area contributed by atoms with Crippen molar-refractivity contribution in [2.75, 3.05) is 0 Å². The van der Waals surface area contributed by atoms with E-state index in [0.29, 0.717) is 11.3 Å². The molecule has 1 aromatic carbocycles. The molecule has 0 fully saturated rings. The lowest BCUT2D eigenvalue weighted by molar-refractivity contribution is -0.137. The molecule has 0 atom stereocenters. The van der Waals surface area contributed by atoms with Crippen molar-refractivity contribution in [3.05, 3.63) is 47.6 Å². The van der Waals surface area contributed by atoms with Crippen molar-refractivity contribution in [2.45, 2.75) is 6.18 Å². The SMILES string of the molecule is FC(F)(F)c1ccc(-c2ncnc3sccc23)cc1. The average Bonchev–Trinajstić information content (AvgIpc) is 2.86. The molecular formula is C13H7F3N2S. The Bertz CT molecular complexity index is 717. The molecule has 0 amide bonds. The van der Waals surface area contributed by atoms with Crippen molar-refractivity contribution in [1.82, 2.24) is 9.97 Å². The van der Waals surface area contributed by atoms with Gasteiger partial charge in [0, 0.05) is 10.9 Å². The van der Waals surface area contributed by atoms with Gasteiger partial charge in [-0.1, -0.05) is 12.1 Å². The highest BCUT2D eigenvalue weighted by atomic mass is 32.1. The highest BCUT2D eigenvalue weighted by molar-refractivity contribution is 7.16.